The van der Waals surface area contributed by atoms with Gasteiger partial charge >= 0.3 is 0 Å². The van der Waals surface area contributed by atoms with Crippen molar-refractivity contribution >= 4 is 0 Å². The van der Waals surface area contributed by atoms with Crippen molar-refractivity contribution in [2.75, 3.05) is 13.2 Å². The van der Waals surface area contributed by atoms with Crippen LogP contribution >= 0.6 is 0 Å². The third-order valence-electron chi connectivity index (χ3n) is 2.03. The number of hydrogen-bond donors (Lipinski definition) is 1. The second kappa shape index (κ2) is 6.30. The van der Waals surface area contributed by atoms with Gasteiger partial charge in [0.15, 0.2) is 0 Å². The molecule has 1 unspecified atom stereocenters. The van der Waals surface area contributed by atoms with Gasteiger partial charge in [0.2, 0.25) is 0 Å². The summed E-state index contributed by atoms with van der Waals surface area (Å²) >= 11 is 0. The molecule has 0 bridgehead atoms. The number of benzene rings is 1. The molecule has 1 aromatic rings. The molecule has 1 atom stereocenters. The van der Waals surface area contributed by atoms with Gasteiger partial charge in [0, 0.05) is 6.07 Å². The van der Waals surface area contributed by atoms with Crippen LogP contribution in [0.15, 0.2) is 24.3 Å². The molecule has 3 heteroatoms. The topological polar surface area (TPSA) is 44.5 Å². The quantitative estimate of drug-likeness (QED) is 0.781. The molecule has 3 nitrogen and oxygen atoms in total. The Bertz CT molecular complexity index is 289. The molecule has 1 rings (SSSR count). The molecule has 0 radical (unpaired) electrons. The molecule has 2 N–H and O–H groups in total. The Balaban J connectivity index is 2.56. The van der Waals surface area contributed by atoms with E-state index in [0.29, 0.717) is 13.2 Å². The predicted molar refractivity (Wildman–Crippen MR) is 61.4 cm³/mol. The highest BCUT2D eigenvalue weighted by atomic mass is 16.5. The van der Waals surface area contributed by atoms with Gasteiger partial charge in [-0.3, -0.25) is 0 Å². The summed E-state index contributed by atoms with van der Waals surface area (Å²) in [5.74, 6) is 1.68. The minimum atomic E-state index is 0.145. The normalized spacial score (nSPS) is 12.2. The van der Waals surface area contributed by atoms with Crippen LogP contribution in [0, 0.1) is 0 Å². The van der Waals surface area contributed by atoms with Crippen LogP contribution in [0.25, 0.3) is 0 Å². The molecule has 0 aliphatic heterocycles. The first kappa shape index (κ1) is 11.9. The van der Waals surface area contributed by atoms with E-state index in [1.807, 2.05) is 38.1 Å². The van der Waals surface area contributed by atoms with Gasteiger partial charge in [0.25, 0.3) is 0 Å². The fraction of sp³-hybridized carbons (Fsp3) is 0.500. The van der Waals surface area contributed by atoms with Crippen LogP contribution in [0.2, 0.25) is 0 Å². The predicted octanol–water partition coefficient (Wildman–Crippen LogP) is 2.20. The second-order valence-corrected chi connectivity index (χ2v) is 3.41. The van der Waals surface area contributed by atoms with Crippen molar-refractivity contribution < 1.29 is 9.47 Å². The van der Waals surface area contributed by atoms with Crippen molar-refractivity contribution in [1.82, 2.24) is 0 Å². The SMILES string of the molecule is CCOc1cccc(OC(C)CCN)c1. The zero-order chi connectivity index (χ0) is 11.1. The summed E-state index contributed by atoms with van der Waals surface area (Å²) in [6, 6.07) is 7.67. The van der Waals surface area contributed by atoms with Gasteiger partial charge in [0.1, 0.15) is 11.5 Å². The van der Waals surface area contributed by atoms with E-state index in [1.165, 1.54) is 0 Å². The van der Waals surface area contributed by atoms with Crippen molar-refractivity contribution in [1.29, 1.82) is 0 Å². The van der Waals surface area contributed by atoms with E-state index in [1.54, 1.807) is 0 Å². The lowest BCUT2D eigenvalue weighted by atomic mass is 10.2. The Kier molecular flexibility index (Phi) is 4.98. The van der Waals surface area contributed by atoms with Crippen LogP contribution in [0.4, 0.5) is 0 Å². The zero-order valence-electron chi connectivity index (χ0n) is 9.40. The van der Waals surface area contributed by atoms with Gasteiger partial charge in [0.05, 0.1) is 12.7 Å². The zero-order valence-corrected chi connectivity index (χ0v) is 9.40. The van der Waals surface area contributed by atoms with Gasteiger partial charge in [-0.1, -0.05) is 6.07 Å². The smallest absolute Gasteiger partial charge is 0.123 e. The lowest BCUT2D eigenvalue weighted by molar-refractivity contribution is 0.212. The third kappa shape index (κ3) is 4.21. The molecule has 0 aliphatic rings. The van der Waals surface area contributed by atoms with Crippen molar-refractivity contribution in [2.24, 2.45) is 5.73 Å². The van der Waals surface area contributed by atoms with E-state index in [0.717, 1.165) is 17.9 Å². The van der Waals surface area contributed by atoms with Crippen molar-refractivity contribution in [3.05, 3.63) is 24.3 Å². The Labute approximate surface area is 91.2 Å². The molecule has 84 valence electrons. The van der Waals surface area contributed by atoms with Crippen molar-refractivity contribution in [3.63, 3.8) is 0 Å². The van der Waals surface area contributed by atoms with E-state index in [9.17, 15) is 0 Å². The Hall–Kier alpha value is -1.22. The van der Waals surface area contributed by atoms with Gasteiger partial charge < -0.3 is 15.2 Å². The Morgan fingerprint density at radius 2 is 2.07 bits per heavy atom. The first-order chi connectivity index (χ1) is 7.26. The highest BCUT2D eigenvalue weighted by molar-refractivity contribution is 5.33. The van der Waals surface area contributed by atoms with Crippen LogP contribution < -0.4 is 15.2 Å². The number of rotatable bonds is 6. The molecule has 0 spiro atoms. The van der Waals surface area contributed by atoms with E-state index in [2.05, 4.69) is 0 Å². The summed E-state index contributed by atoms with van der Waals surface area (Å²) in [6.45, 7) is 5.29. The van der Waals surface area contributed by atoms with Crippen LogP contribution in [-0.4, -0.2) is 19.3 Å². The molecule has 1 aromatic carbocycles. The number of hydrogen-bond acceptors (Lipinski definition) is 3. The number of ether oxygens (including phenoxy) is 2. The number of nitrogens with two attached hydrogens (primary N) is 1. The highest BCUT2D eigenvalue weighted by Gasteiger charge is 2.03. The van der Waals surface area contributed by atoms with Crippen molar-refractivity contribution in [3.8, 4) is 11.5 Å². The Morgan fingerprint density at radius 1 is 1.33 bits per heavy atom. The lowest BCUT2D eigenvalue weighted by Crippen LogP contribution is -2.16. The van der Waals surface area contributed by atoms with Gasteiger partial charge in [-0.15, -0.1) is 0 Å². The molecular formula is C12H19NO2. The maximum Gasteiger partial charge on any atom is 0.123 e. The van der Waals surface area contributed by atoms with Gasteiger partial charge in [-0.05, 0) is 38.9 Å². The highest BCUT2D eigenvalue weighted by Crippen LogP contribution is 2.20. The fourth-order valence-corrected chi connectivity index (χ4v) is 1.33. The van der Waals surface area contributed by atoms with Crippen LogP contribution in [0.5, 0.6) is 11.5 Å². The average molecular weight is 209 g/mol. The molecule has 0 saturated carbocycles. The summed E-state index contributed by atoms with van der Waals surface area (Å²) in [5.41, 5.74) is 5.46. The summed E-state index contributed by atoms with van der Waals surface area (Å²) in [4.78, 5) is 0. The molecular weight excluding hydrogens is 190 g/mol. The maximum absolute atomic E-state index is 5.68. The fourth-order valence-electron chi connectivity index (χ4n) is 1.33. The molecule has 0 aromatic heterocycles. The summed E-state index contributed by atoms with van der Waals surface area (Å²) in [6.07, 6.45) is 1.01. The summed E-state index contributed by atoms with van der Waals surface area (Å²) in [5, 5.41) is 0. The molecule has 0 saturated heterocycles. The molecule has 0 aliphatic carbocycles. The largest absolute Gasteiger partial charge is 0.494 e. The first-order valence-corrected chi connectivity index (χ1v) is 5.35. The molecule has 0 heterocycles. The van der Waals surface area contributed by atoms with E-state index in [4.69, 9.17) is 15.2 Å². The standard InChI is InChI=1S/C12H19NO2/c1-3-14-11-5-4-6-12(9-11)15-10(2)7-8-13/h4-6,9-10H,3,7-8,13H2,1-2H3. The molecule has 0 fully saturated rings. The monoisotopic (exact) mass is 209 g/mol. The summed E-state index contributed by atoms with van der Waals surface area (Å²) < 4.78 is 11.1. The maximum atomic E-state index is 5.68. The Morgan fingerprint density at radius 3 is 2.73 bits per heavy atom. The average Bonchev–Trinajstić information content (AvgIpc) is 2.19. The van der Waals surface area contributed by atoms with Gasteiger partial charge in [-0.25, -0.2) is 0 Å². The minimum absolute atomic E-state index is 0.145. The summed E-state index contributed by atoms with van der Waals surface area (Å²) in [7, 11) is 0. The van der Waals surface area contributed by atoms with Crippen molar-refractivity contribution in [2.45, 2.75) is 26.4 Å². The molecule has 0 amide bonds. The lowest BCUT2D eigenvalue weighted by Gasteiger charge is -2.14. The first-order valence-electron chi connectivity index (χ1n) is 5.35. The van der Waals surface area contributed by atoms with Crippen LogP contribution in [0.1, 0.15) is 20.3 Å². The third-order valence-corrected chi connectivity index (χ3v) is 2.03. The second-order valence-electron chi connectivity index (χ2n) is 3.41. The van der Waals surface area contributed by atoms with E-state index < -0.39 is 0 Å². The van der Waals surface area contributed by atoms with Gasteiger partial charge in [-0.2, -0.15) is 0 Å². The van der Waals surface area contributed by atoms with E-state index >= 15 is 0 Å². The van der Waals surface area contributed by atoms with Crippen LogP contribution in [-0.2, 0) is 0 Å². The van der Waals surface area contributed by atoms with E-state index in [-0.39, 0.29) is 6.10 Å². The van der Waals surface area contributed by atoms with Crippen LogP contribution in [0.3, 0.4) is 0 Å². The molecule has 15 heavy (non-hydrogen) atoms. The minimum Gasteiger partial charge on any atom is -0.494 e.